The molecule has 0 aliphatic heterocycles. The monoisotopic (exact) mass is 171 g/mol. The second-order valence-electron chi connectivity index (χ2n) is 2.72. The molecule has 70 valence electrons. The van der Waals surface area contributed by atoms with Crippen LogP contribution in [0.25, 0.3) is 0 Å². The molecule has 0 heterocycles. The van der Waals surface area contributed by atoms with Gasteiger partial charge >= 0.3 is 0 Å². The molecule has 0 saturated carbocycles. The zero-order valence-corrected chi connectivity index (χ0v) is 7.45. The number of hydrogen-bond donors (Lipinski definition) is 3. The average molecular weight is 171 g/mol. The largest absolute Gasteiger partial charge is 0.409 e. The van der Waals surface area contributed by atoms with Crippen LogP contribution < -0.4 is 11.1 Å². The summed E-state index contributed by atoms with van der Waals surface area (Å²) in [5, 5.41) is 14.3. The highest BCUT2D eigenvalue weighted by atomic mass is 16.4. The molecule has 0 aliphatic carbocycles. The summed E-state index contributed by atoms with van der Waals surface area (Å²) in [5.74, 6) is 0.258. The van der Waals surface area contributed by atoms with Crippen molar-refractivity contribution in [2.45, 2.75) is 25.8 Å². The van der Waals surface area contributed by atoms with Crippen LogP contribution in [0.4, 0.5) is 0 Å². The van der Waals surface area contributed by atoms with Crippen molar-refractivity contribution in [2.75, 3.05) is 6.54 Å². The minimum Gasteiger partial charge on any atom is -0.409 e. The fourth-order valence-electron chi connectivity index (χ4n) is 0.830. The topological polar surface area (TPSA) is 70.6 Å². The van der Waals surface area contributed by atoms with Crippen LogP contribution in [0, 0.1) is 0 Å². The van der Waals surface area contributed by atoms with Crippen LogP contribution in [0.5, 0.6) is 0 Å². The predicted octanol–water partition coefficient (Wildman–Crippen LogP) is 0.677. The second-order valence-corrected chi connectivity index (χ2v) is 2.72. The fourth-order valence-corrected chi connectivity index (χ4v) is 0.830. The van der Waals surface area contributed by atoms with E-state index in [1.165, 1.54) is 0 Å². The van der Waals surface area contributed by atoms with E-state index in [2.05, 4.69) is 24.0 Å². The van der Waals surface area contributed by atoms with Gasteiger partial charge in [-0.05, 0) is 13.3 Å². The van der Waals surface area contributed by atoms with Crippen LogP contribution in [0.3, 0.4) is 0 Å². The van der Waals surface area contributed by atoms with Crippen LogP contribution in [-0.4, -0.2) is 23.6 Å². The molecule has 1 atom stereocenters. The average Bonchev–Trinajstić information content (AvgIpc) is 2.04. The lowest BCUT2D eigenvalue weighted by Gasteiger charge is -2.10. The van der Waals surface area contributed by atoms with E-state index >= 15 is 0 Å². The number of hydrogen-bond acceptors (Lipinski definition) is 3. The Morgan fingerprint density at radius 3 is 3.00 bits per heavy atom. The van der Waals surface area contributed by atoms with Gasteiger partial charge in [-0.2, -0.15) is 0 Å². The molecular formula is C8H17N3O. The van der Waals surface area contributed by atoms with Gasteiger partial charge in [-0.1, -0.05) is 11.2 Å². The van der Waals surface area contributed by atoms with Gasteiger partial charge in [0.15, 0.2) is 0 Å². The van der Waals surface area contributed by atoms with Crippen molar-refractivity contribution in [3.05, 3.63) is 12.7 Å². The summed E-state index contributed by atoms with van der Waals surface area (Å²) in [7, 11) is 0. The molecule has 1 unspecified atom stereocenters. The first-order chi connectivity index (χ1) is 5.70. The predicted molar refractivity (Wildman–Crippen MR) is 50.3 cm³/mol. The van der Waals surface area contributed by atoms with Crippen LogP contribution in [-0.2, 0) is 0 Å². The standard InChI is InChI=1S/C8H17N3O/c1-3-4-7(2)10-6-5-8(9)11-12/h3,7,10,12H,1,4-6H2,2H3,(H2,9,11). The SMILES string of the molecule is C=CCC(C)NCC/C(N)=N/O. The molecule has 0 bridgehead atoms. The van der Waals surface area contributed by atoms with Gasteiger partial charge in [-0.25, -0.2) is 0 Å². The first-order valence-corrected chi connectivity index (χ1v) is 4.01. The molecule has 12 heavy (non-hydrogen) atoms. The summed E-state index contributed by atoms with van der Waals surface area (Å²) in [6, 6.07) is 0.397. The molecule has 0 aliphatic rings. The van der Waals surface area contributed by atoms with Gasteiger partial charge in [0.2, 0.25) is 0 Å². The van der Waals surface area contributed by atoms with Crippen molar-refractivity contribution in [1.82, 2.24) is 5.32 Å². The first-order valence-electron chi connectivity index (χ1n) is 4.01. The third-order valence-corrected chi connectivity index (χ3v) is 1.52. The van der Waals surface area contributed by atoms with Crippen LogP contribution in [0.1, 0.15) is 19.8 Å². The summed E-state index contributed by atoms with van der Waals surface area (Å²) in [4.78, 5) is 0. The summed E-state index contributed by atoms with van der Waals surface area (Å²) < 4.78 is 0. The molecule has 4 heteroatoms. The molecule has 0 aromatic heterocycles. The molecule has 0 radical (unpaired) electrons. The van der Waals surface area contributed by atoms with E-state index < -0.39 is 0 Å². The van der Waals surface area contributed by atoms with Gasteiger partial charge < -0.3 is 16.3 Å². The number of nitrogens with zero attached hydrogens (tertiary/aromatic N) is 1. The molecule has 0 spiro atoms. The maximum absolute atomic E-state index is 8.22. The lowest BCUT2D eigenvalue weighted by molar-refractivity contribution is 0.316. The Balaban J connectivity index is 3.36. The highest BCUT2D eigenvalue weighted by molar-refractivity contribution is 5.79. The third-order valence-electron chi connectivity index (χ3n) is 1.52. The summed E-state index contributed by atoms with van der Waals surface area (Å²) in [6.45, 7) is 6.42. The maximum Gasteiger partial charge on any atom is 0.140 e. The van der Waals surface area contributed by atoms with E-state index in [-0.39, 0.29) is 5.84 Å². The highest BCUT2D eigenvalue weighted by Crippen LogP contribution is 1.90. The Bertz CT molecular complexity index is 156. The van der Waals surface area contributed by atoms with Crippen molar-refractivity contribution >= 4 is 5.84 Å². The zero-order chi connectivity index (χ0) is 9.40. The van der Waals surface area contributed by atoms with Gasteiger partial charge in [-0.3, -0.25) is 0 Å². The van der Waals surface area contributed by atoms with Crippen LogP contribution >= 0.6 is 0 Å². The van der Waals surface area contributed by atoms with E-state index in [1.54, 1.807) is 0 Å². The lowest BCUT2D eigenvalue weighted by atomic mass is 10.2. The van der Waals surface area contributed by atoms with Crippen molar-refractivity contribution in [3.8, 4) is 0 Å². The van der Waals surface area contributed by atoms with Gasteiger partial charge in [0.25, 0.3) is 0 Å². The quantitative estimate of drug-likeness (QED) is 0.181. The molecule has 0 rings (SSSR count). The van der Waals surface area contributed by atoms with Gasteiger partial charge in [0.1, 0.15) is 5.84 Å². The molecule has 0 amide bonds. The lowest BCUT2D eigenvalue weighted by Crippen LogP contribution is -2.29. The Morgan fingerprint density at radius 1 is 1.83 bits per heavy atom. The summed E-state index contributed by atoms with van der Waals surface area (Å²) in [6.07, 6.45) is 3.36. The zero-order valence-electron chi connectivity index (χ0n) is 7.45. The molecular weight excluding hydrogens is 154 g/mol. The molecule has 0 saturated heterocycles. The number of oxime groups is 1. The smallest absolute Gasteiger partial charge is 0.140 e. The maximum atomic E-state index is 8.22. The van der Waals surface area contributed by atoms with Crippen LogP contribution in [0.15, 0.2) is 17.8 Å². The third kappa shape index (κ3) is 5.73. The van der Waals surface area contributed by atoms with Crippen molar-refractivity contribution in [1.29, 1.82) is 0 Å². The summed E-state index contributed by atoms with van der Waals surface area (Å²) >= 11 is 0. The minimum absolute atomic E-state index is 0.258. The normalized spacial score (nSPS) is 14.2. The second kappa shape index (κ2) is 6.67. The molecule has 4 N–H and O–H groups in total. The molecule has 4 nitrogen and oxygen atoms in total. The van der Waals surface area contributed by atoms with E-state index in [0.717, 1.165) is 13.0 Å². The summed E-state index contributed by atoms with van der Waals surface area (Å²) in [5.41, 5.74) is 5.27. The number of rotatable bonds is 6. The van der Waals surface area contributed by atoms with E-state index in [1.807, 2.05) is 6.08 Å². The Labute approximate surface area is 73.1 Å². The highest BCUT2D eigenvalue weighted by Gasteiger charge is 1.98. The van der Waals surface area contributed by atoms with Crippen molar-refractivity contribution in [3.63, 3.8) is 0 Å². The first kappa shape index (κ1) is 11.0. The Morgan fingerprint density at radius 2 is 2.50 bits per heavy atom. The molecule has 0 fully saturated rings. The Hall–Kier alpha value is -1.03. The van der Waals surface area contributed by atoms with Crippen molar-refractivity contribution < 1.29 is 5.21 Å². The number of nitrogens with two attached hydrogens (primary N) is 1. The van der Waals surface area contributed by atoms with E-state index in [4.69, 9.17) is 10.9 Å². The minimum atomic E-state index is 0.258. The van der Waals surface area contributed by atoms with Crippen molar-refractivity contribution in [2.24, 2.45) is 10.9 Å². The molecule has 0 aromatic rings. The van der Waals surface area contributed by atoms with E-state index in [9.17, 15) is 0 Å². The van der Waals surface area contributed by atoms with Gasteiger partial charge in [-0.15, -0.1) is 6.58 Å². The fraction of sp³-hybridized carbons (Fsp3) is 0.625. The molecule has 0 aromatic carbocycles. The number of nitrogens with one attached hydrogen (secondary N) is 1. The van der Waals surface area contributed by atoms with Gasteiger partial charge in [0.05, 0.1) is 0 Å². The van der Waals surface area contributed by atoms with Gasteiger partial charge in [0, 0.05) is 19.0 Å². The van der Waals surface area contributed by atoms with E-state index in [0.29, 0.717) is 12.5 Å². The number of amidine groups is 1. The van der Waals surface area contributed by atoms with Crippen LogP contribution in [0.2, 0.25) is 0 Å². The Kier molecular flexibility index (Phi) is 6.09.